The zero-order valence-electron chi connectivity index (χ0n) is 19.5. The fourth-order valence-electron chi connectivity index (χ4n) is 3.73. The molecule has 3 nitrogen and oxygen atoms in total. The number of carboxylic acids is 1. The van der Waals surface area contributed by atoms with Crippen LogP contribution in [0.4, 0.5) is 0 Å². The second-order valence-corrected chi connectivity index (χ2v) is 8.03. The van der Waals surface area contributed by atoms with Gasteiger partial charge in [-0.3, -0.25) is 0 Å². The Morgan fingerprint density at radius 1 is 0.593 bits per heavy atom. The SMILES string of the molecule is CCCCCCCCCCCCCCC(=O)[O-].CCC[N+](CC)(CC)CC. The van der Waals surface area contributed by atoms with Gasteiger partial charge in [-0.1, -0.05) is 84.5 Å². The van der Waals surface area contributed by atoms with Crippen LogP contribution in [0.3, 0.4) is 0 Å². The molecule has 0 spiro atoms. The third-order valence-corrected chi connectivity index (χ3v) is 5.94. The molecule has 0 heterocycles. The average molecular weight is 386 g/mol. The van der Waals surface area contributed by atoms with Crippen molar-refractivity contribution in [1.29, 1.82) is 0 Å². The Labute approximate surface area is 171 Å². The molecule has 0 rings (SSSR count). The predicted molar refractivity (Wildman–Crippen MR) is 118 cm³/mol. The van der Waals surface area contributed by atoms with Crippen molar-refractivity contribution in [3.63, 3.8) is 0 Å². The first-order valence-corrected chi connectivity index (χ1v) is 12.1. The summed E-state index contributed by atoms with van der Waals surface area (Å²) < 4.78 is 1.30. The third kappa shape index (κ3) is 20.0. The van der Waals surface area contributed by atoms with E-state index in [2.05, 4.69) is 34.6 Å². The number of carboxylic acid groups (broad SMARTS) is 1. The van der Waals surface area contributed by atoms with Crippen LogP contribution < -0.4 is 5.11 Å². The lowest BCUT2D eigenvalue weighted by atomic mass is 10.0. The van der Waals surface area contributed by atoms with Crippen LogP contribution >= 0.6 is 0 Å². The van der Waals surface area contributed by atoms with Crippen LogP contribution in [0.5, 0.6) is 0 Å². The molecule has 0 aliphatic heterocycles. The normalized spacial score (nSPS) is 11.1. The maximum atomic E-state index is 10.2. The van der Waals surface area contributed by atoms with E-state index in [1.165, 1.54) is 101 Å². The molecule has 0 saturated heterocycles. The van der Waals surface area contributed by atoms with Crippen LogP contribution in [0, 0.1) is 0 Å². The van der Waals surface area contributed by atoms with Crippen molar-refractivity contribution >= 4 is 5.97 Å². The molecule has 0 N–H and O–H groups in total. The Hall–Kier alpha value is -0.570. The molecular formula is C24H51NO2. The number of rotatable bonds is 18. The molecule has 3 heteroatoms. The largest absolute Gasteiger partial charge is 0.550 e. The summed E-state index contributed by atoms with van der Waals surface area (Å²) in [5.74, 6) is -0.905. The summed E-state index contributed by atoms with van der Waals surface area (Å²) in [5, 5.41) is 10.2. The molecule has 27 heavy (non-hydrogen) atoms. The Morgan fingerprint density at radius 2 is 0.963 bits per heavy atom. The van der Waals surface area contributed by atoms with Gasteiger partial charge in [-0.05, 0) is 40.0 Å². The van der Waals surface area contributed by atoms with Gasteiger partial charge >= 0.3 is 0 Å². The Kier molecular flexibility index (Phi) is 23.0. The Balaban J connectivity index is 0. The second-order valence-electron chi connectivity index (χ2n) is 8.03. The summed E-state index contributed by atoms with van der Waals surface area (Å²) in [4.78, 5) is 10.2. The van der Waals surface area contributed by atoms with Crippen LogP contribution in [0.25, 0.3) is 0 Å². The van der Waals surface area contributed by atoms with Crippen LogP contribution in [0.1, 0.15) is 125 Å². The summed E-state index contributed by atoms with van der Waals surface area (Å²) in [6.07, 6.45) is 16.8. The van der Waals surface area contributed by atoms with E-state index in [9.17, 15) is 9.90 Å². The molecule has 0 aromatic rings. The lowest BCUT2D eigenvalue weighted by Crippen LogP contribution is -2.47. The van der Waals surface area contributed by atoms with Crippen LogP contribution in [0.2, 0.25) is 0 Å². The Morgan fingerprint density at radius 3 is 1.22 bits per heavy atom. The zero-order chi connectivity index (χ0) is 20.8. The molecule has 0 atom stereocenters. The molecule has 0 amide bonds. The van der Waals surface area contributed by atoms with Crippen molar-refractivity contribution in [2.45, 2.75) is 125 Å². The van der Waals surface area contributed by atoms with Crippen molar-refractivity contribution in [2.75, 3.05) is 26.2 Å². The molecule has 0 aliphatic rings. The number of nitrogens with zero attached hydrogens (tertiary/aromatic N) is 1. The second kappa shape index (κ2) is 21.7. The molecule has 0 unspecified atom stereocenters. The molecule has 0 bridgehead atoms. The summed E-state index contributed by atoms with van der Waals surface area (Å²) in [6, 6.07) is 0. The van der Waals surface area contributed by atoms with Gasteiger partial charge < -0.3 is 14.4 Å². The van der Waals surface area contributed by atoms with Crippen molar-refractivity contribution in [3.05, 3.63) is 0 Å². The van der Waals surface area contributed by atoms with Crippen LogP contribution in [0.15, 0.2) is 0 Å². The summed E-state index contributed by atoms with van der Waals surface area (Å²) in [5.41, 5.74) is 0. The van der Waals surface area contributed by atoms with Gasteiger partial charge in [0.15, 0.2) is 0 Å². The predicted octanol–water partition coefficient (Wildman–Crippen LogP) is 6.10. The quantitative estimate of drug-likeness (QED) is 0.211. The maximum Gasteiger partial charge on any atom is 0.0783 e. The molecule has 0 saturated carbocycles. The standard InChI is InChI=1S/C15H30O2.C9H22N/c1-2-3-4-5-6-7-8-9-10-11-12-13-14-15(16)17;1-5-9-10(6-2,7-3)8-4/h2-14H2,1H3,(H,16,17);5-9H2,1-4H3/q;+1/p-1. The fraction of sp³-hybridized carbons (Fsp3) is 0.958. The van der Waals surface area contributed by atoms with E-state index in [0.29, 0.717) is 0 Å². The van der Waals surface area contributed by atoms with E-state index >= 15 is 0 Å². The first kappa shape index (κ1) is 28.6. The lowest BCUT2D eigenvalue weighted by Gasteiger charge is -2.35. The third-order valence-electron chi connectivity index (χ3n) is 5.94. The minimum Gasteiger partial charge on any atom is -0.550 e. The van der Waals surface area contributed by atoms with Gasteiger partial charge in [0.05, 0.1) is 26.2 Å². The number of unbranched alkanes of at least 4 members (excludes halogenated alkanes) is 11. The van der Waals surface area contributed by atoms with E-state index < -0.39 is 5.97 Å². The van der Waals surface area contributed by atoms with Crippen LogP contribution in [-0.2, 0) is 4.79 Å². The van der Waals surface area contributed by atoms with Gasteiger partial charge in [-0.15, -0.1) is 0 Å². The number of hydrogen-bond acceptors (Lipinski definition) is 2. The Bertz CT molecular complexity index is 292. The van der Waals surface area contributed by atoms with E-state index in [0.717, 1.165) is 12.8 Å². The van der Waals surface area contributed by atoms with Crippen molar-refractivity contribution in [1.82, 2.24) is 0 Å². The van der Waals surface area contributed by atoms with E-state index in [1.807, 2.05) is 0 Å². The molecule has 0 aromatic heterocycles. The van der Waals surface area contributed by atoms with Gasteiger partial charge in [-0.25, -0.2) is 0 Å². The van der Waals surface area contributed by atoms with Gasteiger partial charge in [0.1, 0.15) is 0 Å². The number of hydrogen-bond donors (Lipinski definition) is 0. The minimum atomic E-state index is -0.905. The summed E-state index contributed by atoms with van der Waals surface area (Å²) in [6.45, 7) is 16.6. The maximum absolute atomic E-state index is 10.2. The van der Waals surface area contributed by atoms with Crippen molar-refractivity contribution < 1.29 is 14.4 Å². The monoisotopic (exact) mass is 385 g/mol. The number of carbonyl (C=O) groups is 1. The fourth-order valence-corrected chi connectivity index (χ4v) is 3.73. The van der Waals surface area contributed by atoms with Crippen LogP contribution in [-0.4, -0.2) is 36.6 Å². The smallest absolute Gasteiger partial charge is 0.0783 e. The van der Waals surface area contributed by atoms with Gasteiger partial charge in [0.2, 0.25) is 0 Å². The highest BCUT2D eigenvalue weighted by molar-refractivity contribution is 5.63. The first-order chi connectivity index (χ1) is 13.0. The van der Waals surface area contributed by atoms with E-state index in [4.69, 9.17) is 0 Å². The average Bonchev–Trinajstić information content (AvgIpc) is 2.67. The highest BCUT2D eigenvalue weighted by atomic mass is 16.4. The molecular weight excluding hydrogens is 334 g/mol. The summed E-state index contributed by atoms with van der Waals surface area (Å²) in [7, 11) is 0. The highest BCUT2D eigenvalue weighted by Gasteiger charge is 2.18. The first-order valence-electron chi connectivity index (χ1n) is 12.1. The lowest BCUT2D eigenvalue weighted by molar-refractivity contribution is -0.923. The van der Waals surface area contributed by atoms with Crippen molar-refractivity contribution in [3.8, 4) is 0 Å². The van der Waals surface area contributed by atoms with E-state index in [1.54, 1.807) is 0 Å². The molecule has 0 radical (unpaired) electrons. The van der Waals surface area contributed by atoms with Crippen molar-refractivity contribution in [2.24, 2.45) is 0 Å². The van der Waals surface area contributed by atoms with E-state index in [-0.39, 0.29) is 6.42 Å². The number of carbonyl (C=O) groups excluding carboxylic acids is 1. The summed E-state index contributed by atoms with van der Waals surface area (Å²) >= 11 is 0. The minimum absolute atomic E-state index is 0.234. The molecule has 164 valence electrons. The molecule has 0 fully saturated rings. The number of aliphatic carboxylic acids is 1. The van der Waals surface area contributed by atoms with Gasteiger partial charge in [0.25, 0.3) is 0 Å². The number of quaternary nitrogens is 1. The van der Waals surface area contributed by atoms with Gasteiger partial charge in [-0.2, -0.15) is 0 Å². The zero-order valence-corrected chi connectivity index (χ0v) is 19.5. The molecule has 0 aliphatic carbocycles. The topological polar surface area (TPSA) is 40.1 Å². The van der Waals surface area contributed by atoms with Gasteiger partial charge in [0, 0.05) is 5.97 Å². The highest BCUT2D eigenvalue weighted by Crippen LogP contribution is 2.12. The molecule has 0 aromatic carbocycles.